The van der Waals surface area contributed by atoms with Crippen molar-refractivity contribution in [1.82, 2.24) is 4.98 Å². The van der Waals surface area contributed by atoms with Crippen molar-refractivity contribution in [3.05, 3.63) is 23.4 Å². The molecule has 1 amide bonds. The molecule has 0 spiro atoms. The van der Waals surface area contributed by atoms with Crippen LogP contribution in [0.2, 0.25) is 0 Å². The molecular weight excluding hydrogens is 311 g/mol. The Balaban J connectivity index is 3.11. The van der Waals surface area contributed by atoms with Crippen molar-refractivity contribution >= 4 is 11.7 Å². The molecule has 0 fully saturated rings. The number of primary amides is 1. The van der Waals surface area contributed by atoms with E-state index in [2.05, 4.69) is 4.98 Å². The van der Waals surface area contributed by atoms with E-state index in [1.54, 1.807) is 5.32 Å². The molecule has 0 aliphatic carbocycles. The summed E-state index contributed by atoms with van der Waals surface area (Å²) in [5, 5.41) is 1.59. The molecule has 1 rings (SSSR count). The van der Waals surface area contributed by atoms with Crippen LogP contribution in [0.1, 0.15) is 16.1 Å². The van der Waals surface area contributed by atoms with E-state index >= 15 is 0 Å². The lowest BCUT2D eigenvalue weighted by molar-refractivity contribution is -0.141. The van der Waals surface area contributed by atoms with Gasteiger partial charge in [-0.3, -0.25) is 4.79 Å². The van der Waals surface area contributed by atoms with E-state index in [0.29, 0.717) is 12.1 Å². The minimum absolute atomic E-state index is 0.413. The molecule has 0 aliphatic rings. The average Bonchev–Trinajstić information content (AvgIpc) is 2.34. The summed E-state index contributed by atoms with van der Waals surface area (Å²) in [5.41, 5.74) is 2.72. The van der Waals surface area contributed by atoms with E-state index in [9.17, 15) is 35.5 Å². The molecule has 118 valence electrons. The monoisotopic (exact) mass is 319 g/mol. The predicted octanol–water partition coefficient (Wildman–Crippen LogP) is 2.51. The van der Waals surface area contributed by atoms with Crippen molar-refractivity contribution in [2.24, 2.45) is 5.73 Å². The van der Waals surface area contributed by atoms with Gasteiger partial charge in [-0.05, 0) is 12.1 Å². The van der Waals surface area contributed by atoms with Gasteiger partial charge in [0.15, 0.2) is 0 Å². The Labute approximate surface area is 113 Å². The summed E-state index contributed by atoms with van der Waals surface area (Å²) in [6.07, 6.45) is -8.94. The van der Waals surface area contributed by atoms with E-state index in [-0.39, 0.29) is 0 Å². The molecule has 0 radical (unpaired) electrons. The molecule has 1 aromatic rings. The number of nitrogens with one attached hydrogen (secondary N) is 1. The van der Waals surface area contributed by atoms with Crippen molar-refractivity contribution in [2.75, 3.05) is 11.9 Å². The number of anilines is 1. The molecule has 3 N–H and O–H groups in total. The summed E-state index contributed by atoms with van der Waals surface area (Å²) in [6.45, 7) is -1.71. The first-order chi connectivity index (χ1) is 9.45. The number of carbonyl (C=O) groups excluding carboxylic acids is 1. The van der Waals surface area contributed by atoms with Gasteiger partial charge in [0.2, 0.25) is 0 Å². The van der Waals surface area contributed by atoms with E-state index in [4.69, 9.17) is 5.73 Å². The van der Waals surface area contributed by atoms with Crippen LogP contribution in [0.25, 0.3) is 0 Å². The summed E-state index contributed by atoms with van der Waals surface area (Å²) in [4.78, 5) is 13.9. The maximum absolute atomic E-state index is 12.7. The molecule has 4 nitrogen and oxygen atoms in total. The Morgan fingerprint density at radius 2 is 1.81 bits per heavy atom. The number of rotatable bonds is 5. The van der Waals surface area contributed by atoms with Gasteiger partial charge in [0, 0.05) is 0 Å². The molecule has 0 saturated heterocycles. The zero-order valence-electron chi connectivity index (χ0n) is 10.0. The van der Waals surface area contributed by atoms with Crippen LogP contribution in [-0.2, 0) is 6.18 Å². The quantitative estimate of drug-likeness (QED) is 0.820. The number of alkyl halides is 7. The maximum atomic E-state index is 12.7. The van der Waals surface area contributed by atoms with Crippen LogP contribution in [0.15, 0.2) is 12.1 Å². The Hall–Kier alpha value is -2.07. The third kappa shape index (κ3) is 4.20. The van der Waals surface area contributed by atoms with Gasteiger partial charge in [-0.1, -0.05) is 0 Å². The third-order valence-electron chi connectivity index (χ3n) is 2.26. The molecule has 0 unspecified atom stereocenters. The molecule has 0 saturated carbocycles. The first kappa shape index (κ1) is 17.0. The first-order valence-electron chi connectivity index (χ1n) is 5.23. The lowest BCUT2D eigenvalue weighted by atomic mass is 10.2. The predicted molar refractivity (Wildman–Crippen MR) is 57.2 cm³/mol. The molecule has 0 aromatic carbocycles. The lowest BCUT2D eigenvalue weighted by Crippen LogP contribution is -2.35. The fraction of sp³-hybridized carbons (Fsp3) is 0.400. The van der Waals surface area contributed by atoms with Crippen LogP contribution >= 0.6 is 0 Å². The zero-order chi connectivity index (χ0) is 16.4. The first-order valence-corrected chi connectivity index (χ1v) is 5.23. The van der Waals surface area contributed by atoms with Crippen LogP contribution in [0.5, 0.6) is 0 Å². The molecule has 0 atom stereocenters. The standard InChI is InChI=1S/C10H8F7N3O/c11-8(12)9(13,14)3-19-7-4(6(18)21)1-2-5(20-7)10(15,16)17/h1-2,8H,3H2,(H2,18,21)(H,19,20). The van der Waals surface area contributed by atoms with Gasteiger partial charge < -0.3 is 11.1 Å². The fourth-order valence-electron chi connectivity index (χ4n) is 1.23. The van der Waals surface area contributed by atoms with E-state index < -0.39 is 48.1 Å². The van der Waals surface area contributed by atoms with Crippen molar-refractivity contribution < 1.29 is 35.5 Å². The number of hydrogen-bond acceptors (Lipinski definition) is 3. The number of halogens is 7. The van der Waals surface area contributed by atoms with Crippen molar-refractivity contribution in [3.8, 4) is 0 Å². The Morgan fingerprint density at radius 3 is 2.24 bits per heavy atom. The van der Waals surface area contributed by atoms with Gasteiger partial charge in [0.1, 0.15) is 11.5 Å². The van der Waals surface area contributed by atoms with Gasteiger partial charge in [0.05, 0.1) is 12.1 Å². The van der Waals surface area contributed by atoms with Crippen molar-refractivity contribution in [1.29, 1.82) is 0 Å². The van der Waals surface area contributed by atoms with E-state index in [0.717, 1.165) is 0 Å². The van der Waals surface area contributed by atoms with Gasteiger partial charge >= 0.3 is 18.5 Å². The summed E-state index contributed by atoms with van der Waals surface area (Å²) in [6, 6.07) is 1.03. The van der Waals surface area contributed by atoms with Crippen LogP contribution < -0.4 is 11.1 Å². The molecule has 1 heterocycles. The lowest BCUT2D eigenvalue weighted by Gasteiger charge is -2.18. The third-order valence-corrected chi connectivity index (χ3v) is 2.26. The number of pyridine rings is 1. The smallest absolute Gasteiger partial charge is 0.365 e. The molecule has 1 aromatic heterocycles. The summed E-state index contributed by atoms with van der Waals surface area (Å²) < 4.78 is 86.6. The van der Waals surface area contributed by atoms with Gasteiger partial charge in [-0.15, -0.1) is 0 Å². The van der Waals surface area contributed by atoms with Crippen molar-refractivity contribution in [2.45, 2.75) is 18.5 Å². The van der Waals surface area contributed by atoms with E-state index in [1.807, 2.05) is 0 Å². The topological polar surface area (TPSA) is 68.0 Å². The van der Waals surface area contributed by atoms with Crippen LogP contribution in [0, 0.1) is 0 Å². The number of aromatic nitrogens is 1. The highest BCUT2D eigenvalue weighted by atomic mass is 19.4. The number of hydrogen-bond donors (Lipinski definition) is 2. The summed E-state index contributed by atoms with van der Waals surface area (Å²) >= 11 is 0. The molecule has 21 heavy (non-hydrogen) atoms. The highest BCUT2D eigenvalue weighted by Crippen LogP contribution is 2.30. The highest BCUT2D eigenvalue weighted by molar-refractivity contribution is 5.97. The number of nitrogens with zero attached hydrogens (tertiary/aromatic N) is 1. The molecule has 0 bridgehead atoms. The van der Waals surface area contributed by atoms with Crippen LogP contribution in [-0.4, -0.2) is 29.8 Å². The minimum atomic E-state index is -4.90. The second-order valence-corrected chi connectivity index (χ2v) is 3.87. The molecule has 0 aliphatic heterocycles. The van der Waals surface area contributed by atoms with Crippen LogP contribution in [0.4, 0.5) is 36.6 Å². The maximum Gasteiger partial charge on any atom is 0.433 e. The average molecular weight is 319 g/mol. The van der Waals surface area contributed by atoms with Gasteiger partial charge in [-0.2, -0.15) is 22.0 Å². The zero-order valence-corrected chi connectivity index (χ0v) is 10.0. The SMILES string of the molecule is NC(=O)c1ccc(C(F)(F)F)nc1NCC(F)(F)C(F)F. The summed E-state index contributed by atoms with van der Waals surface area (Å²) in [7, 11) is 0. The van der Waals surface area contributed by atoms with Crippen molar-refractivity contribution in [3.63, 3.8) is 0 Å². The largest absolute Gasteiger partial charge is 0.433 e. The second kappa shape index (κ2) is 5.74. The van der Waals surface area contributed by atoms with E-state index in [1.165, 1.54) is 0 Å². The number of amides is 1. The van der Waals surface area contributed by atoms with Gasteiger partial charge in [0.25, 0.3) is 5.91 Å². The minimum Gasteiger partial charge on any atom is -0.365 e. The van der Waals surface area contributed by atoms with Crippen LogP contribution in [0.3, 0.4) is 0 Å². The Morgan fingerprint density at radius 1 is 1.24 bits per heavy atom. The highest BCUT2D eigenvalue weighted by Gasteiger charge is 2.41. The molecular formula is C10H8F7N3O. The Bertz CT molecular complexity index is 530. The Kier molecular flexibility index (Phi) is 4.64. The normalized spacial score (nSPS) is 12.6. The number of carbonyl (C=O) groups is 1. The second-order valence-electron chi connectivity index (χ2n) is 3.87. The van der Waals surface area contributed by atoms with Gasteiger partial charge in [-0.25, -0.2) is 13.8 Å². The molecule has 11 heteroatoms. The fourth-order valence-corrected chi connectivity index (χ4v) is 1.23. The number of nitrogens with two attached hydrogens (primary N) is 1. The summed E-state index contributed by atoms with van der Waals surface area (Å²) in [5.74, 6) is -6.71.